The molecule has 0 saturated heterocycles. The van der Waals surface area contributed by atoms with E-state index >= 15 is 0 Å². The van der Waals surface area contributed by atoms with Gasteiger partial charge in [0, 0.05) is 40.4 Å². The third kappa shape index (κ3) is 4.79. The van der Waals surface area contributed by atoms with E-state index < -0.39 is 11.4 Å². The van der Waals surface area contributed by atoms with Crippen molar-refractivity contribution in [3.05, 3.63) is 83.2 Å². The molecule has 2 aromatic carbocycles. The van der Waals surface area contributed by atoms with Crippen molar-refractivity contribution in [2.75, 3.05) is 17.2 Å². The molecule has 0 unspecified atom stereocenters. The minimum atomic E-state index is -1.06. The van der Waals surface area contributed by atoms with Crippen molar-refractivity contribution in [2.24, 2.45) is 5.92 Å². The normalized spacial score (nSPS) is 19.5. The van der Waals surface area contributed by atoms with E-state index in [2.05, 4.69) is 26.9 Å². The van der Waals surface area contributed by atoms with Gasteiger partial charge in [0.05, 0.1) is 30.1 Å². The predicted molar refractivity (Wildman–Crippen MR) is 133 cm³/mol. The van der Waals surface area contributed by atoms with Gasteiger partial charge in [0.1, 0.15) is 5.75 Å². The van der Waals surface area contributed by atoms with Gasteiger partial charge in [-0.1, -0.05) is 12.1 Å². The van der Waals surface area contributed by atoms with Gasteiger partial charge in [0.15, 0.2) is 0 Å². The number of H-pyrrole nitrogens is 1. The molecule has 1 saturated carbocycles. The molecule has 10 nitrogen and oxygen atoms in total. The first-order valence-electron chi connectivity index (χ1n) is 11.7. The van der Waals surface area contributed by atoms with Gasteiger partial charge in [0.2, 0.25) is 5.91 Å². The van der Waals surface area contributed by atoms with Crippen LogP contribution in [-0.4, -0.2) is 39.7 Å². The summed E-state index contributed by atoms with van der Waals surface area (Å²) in [7, 11) is 0. The number of hydrogen-bond donors (Lipinski definition) is 4. The second kappa shape index (κ2) is 9.62. The SMILES string of the molecule is N#Cc1ccc(CC=CC(=O)O)c(NC(=O)[C@@H]2C[C@]23CCOc2ccc(C(=O)Nc4cn[nH]c4)cc23)c1. The average molecular weight is 498 g/mol. The van der Waals surface area contributed by atoms with Gasteiger partial charge in [-0.2, -0.15) is 10.4 Å². The molecular formula is C27H23N5O5. The van der Waals surface area contributed by atoms with Gasteiger partial charge >= 0.3 is 5.97 Å². The van der Waals surface area contributed by atoms with Crippen LogP contribution in [0, 0.1) is 17.2 Å². The van der Waals surface area contributed by atoms with Crippen LogP contribution in [0.5, 0.6) is 5.75 Å². The molecule has 1 fully saturated rings. The highest BCUT2D eigenvalue weighted by Gasteiger charge is 2.61. The molecule has 1 aromatic heterocycles. The molecule has 2 aliphatic rings. The Morgan fingerprint density at radius 3 is 2.86 bits per heavy atom. The number of carboxylic acids is 1. The quantitative estimate of drug-likeness (QED) is 0.364. The molecule has 4 N–H and O–H groups in total. The number of allylic oxidation sites excluding steroid dienone is 1. The lowest BCUT2D eigenvalue weighted by atomic mass is 9.86. The van der Waals surface area contributed by atoms with E-state index in [9.17, 15) is 19.6 Å². The number of aromatic amines is 1. The second-order valence-corrected chi connectivity index (χ2v) is 9.08. The van der Waals surface area contributed by atoms with E-state index in [1.165, 1.54) is 12.3 Å². The molecule has 2 atom stereocenters. The number of carbonyl (C=O) groups excluding carboxylic acids is 2. The number of aliphatic carboxylic acids is 1. The molecular weight excluding hydrogens is 474 g/mol. The summed E-state index contributed by atoms with van der Waals surface area (Å²) in [6, 6.07) is 12.2. The fraction of sp³-hybridized carbons (Fsp3) is 0.222. The monoisotopic (exact) mass is 497 g/mol. The predicted octanol–water partition coefficient (Wildman–Crippen LogP) is 3.40. The molecule has 0 bridgehead atoms. The Hall–Kier alpha value is -4.91. The Bertz CT molecular complexity index is 1460. The van der Waals surface area contributed by atoms with Crippen LogP contribution in [0.15, 0.2) is 60.9 Å². The van der Waals surface area contributed by atoms with Crippen molar-refractivity contribution in [1.82, 2.24) is 10.2 Å². The Labute approximate surface area is 212 Å². The van der Waals surface area contributed by atoms with Crippen molar-refractivity contribution in [2.45, 2.75) is 24.7 Å². The van der Waals surface area contributed by atoms with Crippen molar-refractivity contribution < 1.29 is 24.2 Å². The number of nitriles is 1. The molecule has 2 heterocycles. The van der Waals surface area contributed by atoms with Crippen molar-refractivity contribution >= 4 is 29.2 Å². The topological polar surface area (TPSA) is 157 Å². The largest absolute Gasteiger partial charge is 0.493 e. The average Bonchev–Trinajstić information content (AvgIpc) is 3.37. The maximum absolute atomic E-state index is 13.4. The highest BCUT2D eigenvalue weighted by molar-refractivity contribution is 6.04. The number of fused-ring (bicyclic) bond motifs is 2. The van der Waals surface area contributed by atoms with E-state index in [4.69, 9.17) is 9.84 Å². The Kier molecular flexibility index (Phi) is 6.19. The molecule has 1 aliphatic carbocycles. The second-order valence-electron chi connectivity index (χ2n) is 9.08. The first kappa shape index (κ1) is 23.8. The van der Waals surface area contributed by atoms with Gasteiger partial charge in [-0.25, -0.2) is 4.79 Å². The third-order valence-electron chi connectivity index (χ3n) is 6.83. The molecule has 10 heteroatoms. The van der Waals surface area contributed by atoms with E-state index in [-0.39, 0.29) is 24.2 Å². The number of nitrogens with one attached hydrogen (secondary N) is 3. The summed E-state index contributed by atoms with van der Waals surface area (Å²) in [5.74, 6) is -1.23. The van der Waals surface area contributed by atoms with Crippen molar-refractivity contribution in [3.8, 4) is 11.8 Å². The standard InChI is InChI=1S/C27H23N5O5/c28-13-16-4-5-17(2-1-3-24(33)34)22(10-16)32-26(36)21-12-27(21)8-9-37-23-7-6-18(11-20(23)27)25(35)31-19-14-29-30-15-19/h1,3-7,10-11,14-15,21H,2,8-9,12H2,(H,29,30)(H,31,35)(H,32,36)(H,33,34)/t21-,27-/m0/s1. The van der Waals surface area contributed by atoms with Gasteiger partial charge < -0.3 is 20.5 Å². The molecule has 2 amide bonds. The van der Waals surface area contributed by atoms with E-state index in [1.54, 1.807) is 42.6 Å². The van der Waals surface area contributed by atoms with Crippen LogP contribution >= 0.6 is 0 Å². The van der Waals surface area contributed by atoms with Crippen molar-refractivity contribution in [3.63, 3.8) is 0 Å². The molecule has 3 aromatic rings. The van der Waals surface area contributed by atoms with Crippen LogP contribution < -0.4 is 15.4 Å². The minimum absolute atomic E-state index is 0.195. The summed E-state index contributed by atoms with van der Waals surface area (Å²) >= 11 is 0. The third-order valence-corrected chi connectivity index (χ3v) is 6.83. The summed E-state index contributed by atoms with van der Waals surface area (Å²) in [6.45, 7) is 0.465. The van der Waals surface area contributed by atoms with Crippen LogP contribution in [0.25, 0.3) is 0 Å². The number of carboxylic acid groups (broad SMARTS) is 1. The van der Waals surface area contributed by atoms with E-state index in [1.807, 2.05) is 0 Å². The number of rotatable bonds is 7. The van der Waals surface area contributed by atoms with Crippen LogP contribution in [0.2, 0.25) is 0 Å². The molecule has 5 rings (SSSR count). The zero-order valence-electron chi connectivity index (χ0n) is 19.7. The summed E-state index contributed by atoms with van der Waals surface area (Å²) < 4.78 is 5.83. The zero-order chi connectivity index (χ0) is 26.0. The number of hydrogen-bond acceptors (Lipinski definition) is 6. The van der Waals surface area contributed by atoms with Gasteiger partial charge in [-0.15, -0.1) is 0 Å². The lowest BCUT2D eigenvalue weighted by Gasteiger charge is -2.27. The Morgan fingerprint density at radius 1 is 1.24 bits per heavy atom. The minimum Gasteiger partial charge on any atom is -0.493 e. The Morgan fingerprint density at radius 2 is 2.11 bits per heavy atom. The lowest BCUT2D eigenvalue weighted by Crippen LogP contribution is -2.27. The summed E-state index contributed by atoms with van der Waals surface area (Å²) in [6.07, 6.45) is 7.15. The lowest BCUT2D eigenvalue weighted by molar-refractivity contribution is -0.131. The molecule has 0 radical (unpaired) electrons. The summed E-state index contributed by atoms with van der Waals surface area (Å²) in [5, 5.41) is 30.4. The number of aromatic nitrogens is 2. The number of ether oxygens (including phenoxy) is 1. The van der Waals surface area contributed by atoms with E-state index in [0.29, 0.717) is 53.3 Å². The maximum Gasteiger partial charge on any atom is 0.327 e. The number of amides is 2. The first-order chi connectivity index (χ1) is 17.9. The van der Waals surface area contributed by atoms with Gasteiger partial charge in [-0.05, 0) is 55.2 Å². The summed E-state index contributed by atoms with van der Waals surface area (Å²) in [4.78, 5) is 37.0. The molecule has 186 valence electrons. The van der Waals surface area contributed by atoms with Crippen LogP contribution in [-0.2, 0) is 21.4 Å². The Balaban J connectivity index is 1.37. The summed E-state index contributed by atoms with van der Waals surface area (Å²) in [5.41, 5.74) is 2.94. The van der Waals surface area contributed by atoms with Gasteiger partial charge in [-0.3, -0.25) is 14.7 Å². The van der Waals surface area contributed by atoms with Crippen LogP contribution in [0.4, 0.5) is 11.4 Å². The van der Waals surface area contributed by atoms with Crippen LogP contribution in [0.3, 0.4) is 0 Å². The maximum atomic E-state index is 13.4. The van der Waals surface area contributed by atoms with Crippen molar-refractivity contribution in [1.29, 1.82) is 5.26 Å². The highest BCUT2D eigenvalue weighted by atomic mass is 16.5. The fourth-order valence-electron chi connectivity index (χ4n) is 4.86. The first-order valence-corrected chi connectivity index (χ1v) is 11.7. The highest BCUT2D eigenvalue weighted by Crippen LogP contribution is 2.61. The number of carbonyl (C=O) groups is 3. The molecule has 1 aliphatic heterocycles. The molecule has 37 heavy (non-hydrogen) atoms. The fourth-order valence-corrected chi connectivity index (χ4v) is 4.86. The number of benzene rings is 2. The smallest absolute Gasteiger partial charge is 0.327 e. The number of nitrogens with zero attached hydrogens (tertiary/aromatic N) is 2. The van der Waals surface area contributed by atoms with E-state index in [0.717, 1.165) is 11.6 Å². The van der Waals surface area contributed by atoms with Gasteiger partial charge in [0.25, 0.3) is 5.91 Å². The zero-order valence-corrected chi connectivity index (χ0v) is 19.7. The van der Waals surface area contributed by atoms with Crippen LogP contribution in [0.1, 0.15) is 39.9 Å². The molecule has 1 spiro atoms. The number of anilines is 2.